The van der Waals surface area contributed by atoms with Gasteiger partial charge in [-0.2, -0.15) is 0 Å². The maximum Gasteiger partial charge on any atom is 0.254 e. The molecule has 172 valence electrons. The van der Waals surface area contributed by atoms with Crippen LogP contribution in [0, 0.1) is 0 Å². The summed E-state index contributed by atoms with van der Waals surface area (Å²) in [5, 5.41) is 6.64. The molecule has 1 amide bonds. The molecule has 7 heteroatoms. The van der Waals surface area contributed by atoms with Crippen molar-refractivity contribution in [3.05, 3.63) is 65.2 Å². The Hall–Kier alpha value is -3.06. The van der Waals surface area contributed by atoms with Crippen LogP contribution in [0.15, 0.2) is 53.5 Å². The van der Waals surface area contributed by atoms with Gasteiger partial charge in [0.15, 0.2) is 5.96 Å². The SMILES string of the molecule is CCOc1ccccc1CNC(=NC)NCc1ccc(C(=O)N2CC(C)OC(C)C2)cc1. The van der Waals surface area contributed by atoms with E-state index in [1.54, 1.807) is 7.05 Å². The Balaban J connectivity index is 1.52. The first kappa shape index (κ1) is 23.6. The second-order valence-electron chi connectivity index (χ2n) is 7.98. The topological polar surface area (TPSA) is 75.2 Å². The molecule has 1 fully saturated rings. The number of carbonyl (C=O) groups is 1. The van der Waals surface area contributed by atoms with Crippen LogP contribution < -0.4 is 15.4 Å². The maximum absolute atomic E-state index is 12.8. The van der Waals surface area contributed by atoms with E-state index in [1.165, 1.54) is 0 Å². The number of hydrogen-bond acceptors (Lipinski definition) is 4. The number of amides is 1. The van der Waals surface area contributed by atoms with Gasteiger partial charge in [0.2, 0.25) is 0 Å². The van der Waals surface area contributed by atoms with E-state index in [0.717, 1.165) is 16.9 Å². The van der Waals surface area contributed by atoms with Crippen molar-refractivity contribution in [1.29, 1.82) is 0 Å². The summed E-state index contributed by atoms with van der Waals surface area (Å²) in [5.41, 5.74) is 2.85. The Kier molecular flexibility index (Phi) is 8.50. The number of rotatable bonds is 7. The van der Waals surface area contributed by atoms with Crippen LogP contribution in [0.3, 0.4) is 0 Å². The van der Waals surface area contributed by atoms with Gasteiger partial charge in [-0.3, -0.25) is 9.79 Å². The number of ether oxygens (including phenoxy) is 2. The van der Waals surface area contributed by atoms with Gasteiger partial charge in [-0.1, -0.05) is 30.3 Å². The zero-order valence-corrected chi connectivity index (χ0v) is 19.4. The molecule has 0 saturated carbocycles. The maximum atomic E-state index is 12.8. The average Bonchev–Trinajstić information content (AvgIpc) is 2.79. The molecule has 0 bridgehead atoms. The molecule has 0 aromatic heterocycles. The highest BCUT2D eigenvalue weighted by atomic mass is 16.5. The van der Waals surface area contributed by atoms with Gasteiger partial charge in [0.1, 0.15) is 5.75 Å². The van der Waals surface area contributed by atoms with Gasteiger partial charge < -0.3 is 25.0 Å². The largest absolute Gasteiger partial charge is 0.494 e. The van der Waals surface area contributed by atoms with Crippen molar-refractivity contribution in [1.82, 2.24) is 15.5 Å². The van der Waals surface area contributed by atoms with Gasteiger partial charge in [0.05, 0.1) is 18.8 Å². The zero-order valence-electron chi connectivity index (χ0n) is 19.4. The molecular formula is C25H34N4O3. The summed E-state index contributed by atoms with van der Waals surface area (Å²) in [7, 11) is 1.75. The zero-order chi connectivity index (χ0) is 22.9. The third-order valence-electron chi connectivity index (χ3n) is 5.31. The summed E-state index contributed by atoms with van der Waals surface area (Å²) >= 11 is 0. The fraction of sp³-hybridized carbons (Fsp3) is 0.440. The fourth-order valence-electron chi connectivity index (χ4n) is 3.82. The molecule has 1 heterocycles. The van der Waals surface area contributed by atoms with Crippen LogP contribution in [-0.2, 0) is 17.8 Å². The third kappa shape index (κ3) is 6.47. The number of guanidine groups is 1. The number of morpholine rings is 1. The number of para-hydroxylation sites is 1. The van der Waals surface area contributed by atoms with Crippen LogP contribution in [-0.4, -0.2) is 55.7 Å². The summed E-state index contributed by atoms with van der Waals surface area (Å²) in [6.45, 7) is 9.08. The normalized spacial score (nSPS) is 18.9. The molecule has 32 heavy (non-hydrogen) atoms. The molecule has 3 rings (SSSR count). The predicted octanol–water partition coefficient (Wildman–Crippen LogP) is 3.20. The number of nitrogens with zero attached hydrogens (tertiary/aromatic N) is 2. The second kappa shape index (κ2) is 11.5. The molecule has 2 N–H and O–H groups in total. The van der Waals surface area contributed by atoms with Crippen molar-refractivity contribution in [2.75, 3.05) is 26.7 Å². The smallest absolute Gasteiger partial charge is 0.254 e. The second-order valence-corrected chi connectivity index (χ2v) is 7.98. The lowest BCUT2D eigenvalue weighted by Crippen LogP contribution is -2.48. The quantitative estimate of drug-likeness (QED) is 0.513. The van der Waals surface area contributed by atoms with E-state index in [9.17, 15) is 4.79 Å². The van der Waals surface area contributed by atoms with Crippen LogP contribution >= 0.6 is 0 Å². The van der Waals surface area contributed by atoms with Gasteiger partial charge in [0, 0.05) is 44.4 Å². The first-order valence-corrected chi connectivity index (χ1v) is 11.2. The minimum absolute atomic E-state index is 0.0527. The Morgan fingerprint density at radius 1 is 1.06 bits per heavy atom. The van der Waals surface area contributed by atoms with Crippen molar-refractivity contribution in [3.8, 4) is 5.75 Å². The van der Waals surface area contributed by atoms with E-state index in [-0.39, 0.29) is 18.1 Å². The van der Waals surface area contributed by atoms with E-state index >= 15 is 0 Å². The summed E-state index contributed by atoms with van der Waals surface area (Å²) in [6.07, 6.45) is 0.122. The van der Waals surface area contributed by atoms with Crippen molar-refractivity contribution in [3.63, 3.8) is 0 Å². The van der Waals surface area contributed by atoms with E-state index in [4.69, 9.17) is 9.47 Å². The highest BCUT2D eigenvalue weighted by Gasteiger charge is 2.26. The lowest BCUT2D eigenvalue weighted by molar-refractivity contribution is -0.0586. The minimum atomic E-state index is 0.0527. The van der Waals surface area contributed by atoms with Gasteiger partial charge in [-0.25, -0.2) is 0 Å². The summed E-state index contributed by atoms with van der Waals surface area (Å²) < 4.78 is 11.4. The highest BCUT2D eigenvalue weighted by molar-refractivity contribution is 5.94. The van der Waals surface area contributed by atoms with Gasteiger partial charge in [-0.05, 0) is 44.5 Å². The standard InChI is InChI=1S/C25H34N4O3/c1-5-31-23-9-7-6-8-22(23)15-28-25(26-4)27-14-20-10-12-21(13-11-20)24(30)29-16-18(2)32-19(3)17-29/h6-13,18-19H,5,14-17H2,1-4H3,(H2,26,27,28). The highest BCUT2D eigenvalue weighted by Crippen LogP contribution is 2.18. The number of hydrogen-bond donors (Lipinski definition) is 2. The van der Waals surface area contributed by atoms with E-state index < -0.39 is 0 Å². The fourth-order valence-corrected chi connectivity index (χ4v) is 3.82. The molecule has 0 aliphatic carbocycles. The Bertz CT molecular complexity index is 904. The van der Waals surface area contributed by atoms with Crippen molar-refractivity contribution < 1.29 is 14.3 Å². The molecule has 2 atom stereocenters. The lowest BCUT2D eigenvalue weighted by atomic mass is 10.1. The Morgan fingerprint density at radius 2 is 1.72 bits per heavy atom. The number of benzene rings is 2. The molecule has 7 nitrogen and oxygen atoms in total. The Morgan fingerprint density at radius 3 is 2.38 bits per heavy atom. The molecule has 2 aromatic rings. The first-order chi connectivity index (χ1) is 15.5. The van der Waals surface area contributed by atoms with Crippen LogP contribution in [0.2, 0.25) is 0 Å². The van der Waals surface area contributed by atoms with Gasteiger partial charge in [-0.15, -0.1) is 0 Å². The number of aliphatic imine (C=N–C) groups is 1. The summed E-state index contributed by atoms with van der Waals surface area (Å²) in [4.78, 5) is 19.0. The van der Waals surface area contributed by atoms with Crippen molar-refractivity contribution in [2.24, 2.45) is 4.99 Å². The van der Waals surface area contributed by atoms with E-state index in [0.29, 0.717) is 44.3 Å². The van der Waals surface area contributed by atoms with Crippen LogP contribution in [0.25, 0.3) is 0 Å². The summed E-state index contributed by atoms with van der Waals surface area (Å²) in [5.74, 6) is 1.63. The van der Waals surface area contributed by atoms with Gasteiger partial charge >= 0.3 is 0 Å². The molecule has 2 aromatic carbocycles. The molecule has 1 aliphatic rings. The number of nitrogens with one attached hydrogen (secondary N) is 2. The lowest BCUT2D eigenvalue weighted by Gasteiger charge is -2.35. The molecule has 1 aliphatic heterocycles. The average molecular weight is 439 g/mol. The Labute approximate surface area is 190 Å². The minimum Gasteiger partial charge on any atom is -0.494 e. The van der Waals surface area contributed by atoms with Crippen LogP contribution in [0.1, 0.15) is 42.3 Å². The molecule has 1 saturated heterocycles. The van der Waals surface area contributed by atoms with Crippen molar-refractivity contribution >= 4 is 11.9 Å². The number of carbonyl (C=O) groups excluding carboxylic acids is 1. The molecule has 0 radical (unpaired) electrons. The molecule has 0 spiro atoms. The predicted molar refractivity (Wildman–Crippen MR) is 127 cm³/mol. The van der Waals surface area contributed by atoms with Crippen molar-refractivity contribution in [2.45, 2.75) is 46.1 Å². The monoisotopic (exact) mass is 438 g/mol. The summed E-state index contributed by atoms with van der Waals surface area (Å²) in [6, 6.07) is 15.7. The van der Waals surface area contributed by atoms with Crippen LogP contribution in [0.4, 0.5) is 0 Å². The van der Waals surface area contributed by atoms with E-state index in [1.807, 2.05) is 74.2 Å². The third-order valence-corrected chi connectivity index (χ3v) is 5.31. The van der Waals surface area contributed by atoms with E-state index in [2.05, 4.69) is 15.6 Å². The van der Waals surface area contributed by atoms with Gasteiger partial charge in [0.25, 0.3) is 5.91 Å². The van der Waals surface area contributed by atoms with Crippen LogP contribution in [0.5, 0.6) is 5.75 Å². The molecular weight excluding hydrogens is 404 g/mol. The first-order valence-electron chi connectivity index (χ1n) is 11.2. The molecule has 2 unspecified atom stereocenters.